The first kappa shape index (κ1) is 22.6. The number of hydrogen-bond donors (Lipinski definition) is 1. The van der Waals surface area contributed by atoms with Crippen molar-refractivity contribution in [2.24, 2.45) is 0 Å². The van der Waals surface area contributed by atoms with E-state index in [1.807, 2.05) is 35.0 Å². The maximum atomic E-state index is 5.34. The van der Waals surface area contributed by atoms with Crippen LogP contribution in [0.4, 0.5) is 0 Å². The number of hydrogen-bond acceptors (Lipinski definition) is 3. The molecule has 6 heteroatoms. The van der Waals surface area contributed by atoms with E-state index in [9.17, 15) is 0 Å². The molecule has 1 N–H and O–H groups in total. The second kappa shape index (κ2) is 9.08. The zero-order valence-electron chi connectivity index (χ0n) is 20.3. The molecule has 0 aliphatic heterocycles. The highest BCUT2D eigenvalue weighted by Crippen LogP contribution is 2.43. The van der Waals surface area contributed by atoms with Crippen LogP contribution in [0.3, 0.4) is 0 Å². The van der Waals surface area contributed by atoms with E-state index < -0.39 is 5.54 Å². The molecule has 38 heavy (non-hydrogen) atoms. The van der Waals surface area contributed by atoms with Crippen molar-refractivity contribution >= 4 is 38.0 Å². The predicted octanol–water partition coefficient (Wildman–Crippen LogP) is 7.58. The molecule has 0 aliphatic rings. The molecule has 5 nitrogen and oxygen atoms in total. The van der Waals surface area contributed by atoms with Crippen molar-refractivity contribution in [2.75, 3.05) is 0 Å². The first-order chi connectivity index (χ1) is 18.7. The van der Waals surface area contributed by atoms with Crippen LogP contribution in [0.2, 0.25) is 0 Å². The lowest BCUT2D eigenvalue weighted by Crippen LogP contribution is -2.38. The Balaban J connectivity index is 1.64. The number of aromatic amines is 1. The van der Waals surface area contributed by atoms with Gasteiger partial charge in [0.15, 0.2) is 5.65 Å². The van der Waals surface area contributed by atoms with Gasteiger partial charge in [-0.2, -0.15) is 5.10 Å². The van der Waals surface area contributed by atoms with Crippen molar-refractivity contribution in [3.8, 4) is 11.4 Å². The second-order valence-electron chi connectivity index (χ2n) is 9.20. The van der Waals surface area contributed by atoms with Gasteiger partial charge in [-0.1, -0.05) is 109 Å². The number of nitrogens with one attached hydrogen (secondary N) is 1. The molecular weight excluding hydrogens is 534 g/mol. The molecule has 0 saturated carbocycles. The Morgan fingerprint density at radius 1 is 0.684 bits per heavy atom. The van der Waals surface area contributed by atoms with Crippen LogP contribution in [0, 0.1) is 0 Å². The number of H-pyrrole nitrogens is 1. The summed E-state index contributed by atoms with van der Waals surface area (Å²) in [6.45, 7) is 0. The Hall–Kier alpha value is -4.55. The summed E-state index contributed by atoms with van der Waals surface area (Å²) < 4.78 is 2.70. The normalized spacial score (nSPS) is 11.8. The van der Waals surface area contributed by atoms with E-state index >= 15 is 0 Å². The highest BCUT2D eigenvalue weighted by atomic mass is 79.9. The van der Waals surface area contributed by atoms with Crippen LogP contribution < -0.4 is 0 Å². The van der Waals surface area contributed by atoms with Gasteiger partial charge in [0.25, 0.3) is 0 Å². The maximum Gasteiger partial charge on any atom is 0.179 e. The molecule has 0 radical (unpaired) electrons. The fourth-order valence-corrected chi connectivity index (χ4v) is 5.67. The van der Waals surface area contributed by atoms with Crippen molar-refractivity contribution in [1.82, 2.24) is 24.7 Å². The summed E-state index contributed by atoms with van der Waals surface area (Å²) in [5, 5.41) is 6.46. The monoisotopic (exact) mass is 555 g/mol. The van der Waals surface area contributed by atoms with Crippen LogP contribution in [-0.2, 0) is 5.54 Å². The van der Waals surface area contributed by atoms with E-state index in [4.69, 9.17) is 15.1 Å². The van der Waals surface area contributed by atoms with Gasteiger partial charge < -0.3 is 4.98 Å². The lowest BCUT2D eigenvalue weighted by Gasteiger charge is -2.36. The molecule has 182 valence electrons. The maximum absolute atomic E-state index is 5.34. The lowest BCUT2D eigenvalue weighted by atomic mass is 9.77. The molecule has 0 bridgehead atoms. The van der Waals surface area contributed by atoms with E-state index in [0.717, 1.165) is 44.5 Å². The third-order valence-corrected chi connectivity index (χ3v) is 7.41. The molecule has 0 fully saturated rings. The molecule has 0 amide bonds. The van der Waals surface area contributed by atoms with Gasteiger partial charge in [-0.3, -0.25) is 0 Å². The van der Waals surface area contributed by atoms with Crippen LogP contribution >= 0.6 is 15.9 Å². The van der Waals surface area contributed by atoms with Crippen LogP contribution in [0.1, 0.15) is 16.7 Å². The zero-order valence-corrected chi connectivity index (χ0v) is 21.9. The van der Waals surface area contributed by atoms with Crippen molar-refractivity contribution < 1.29 is 0 Å². The molecule has 7 rings (SSSR count). The lowest BCUT2D eigenvalue weighted by molar-refractivity contribution is 0.473. The summed E-state index contributed by atoms with van der Waals surface area (Å²) in [6, 6.07) is 41.8. The van der Waals surface area contributed by atoms with Gasteiger partial charge in [-0.05, 0) is 44.8 Å². The van der Waals surface area contributed by atoms with Gasteiger partial charge in [0.05, 0.1) is 11.9 Å². The van der Waals surface area contributed by atoms with Gasteiger partial charge >= 0.3 is 0 Å². The van der Waals surface area contributed by atoms with E-state index in [2.05, 4.69) is 112 Å². The number of para-hydroxylation sites is 1. The molecule has 0 aliphatic carbocycles. The number of benzene rings is 4. The van der Waals surface area contributed by atoms with E-state index in [-0.39, 0.29) is 0 Å². The highest BCUT2D eigenvalue weighted by Gasteiger charge is 2.41. The van der Waals surface area contributed by atoms with Gasteiger partial charge in [-0.25, -0.2) is 14.6 Å². The summed E-state index contributed by atoms with van der Waals surface area (Å²) >= 11 is 3.55. The Kier molecular flexibility index (Phi) is 5.41. The Labute approximate surface area is 228 Å². The number of aromatic nitrogens is 5. The predicted molar refractivity (Wildman–Crippen MR) is 155 cm³/mol. The summed E-state index contributed by atoms with van der Waals surface area (Å²) in [5.41, 5.74) is 6.54. The standard InChI is InChI=1S/C32H22BrN5/c33-28-21-34-31-30(36-28)29(27-20-22-12-10-11-19-26(22)35-27)37-38(31)32(23-13-4-1-5-14-23,24-15-6-2-7-16-24)25-17-8-3-9-18-25/h1-21,35H. The Morgan fingerprint density at radius 2 is 1.24 bits per heavy atom. The van der Waals surface area contributed by atoms with E-state index in [0.29, 0.717) is 10.3 Å². The third-order valence-electron chi connectivity index (χ3n) is 7.03. The van der Waals surface area contributed by atoms with Crippen LogP contribution in [0.25, 0.3) is 33.5 Å². The van der Waals surface area contributed by atoms with Crippen molar-refractivity contribution in [3.63, 3.8) is 0 Å². The fraction of sp³-hybridized carbons (Fsp3) is 0.0312. The average molecular weight is 556 g/mol. The fourth-order valence-electron chi connectivity index (χ4n) is 5.39. The van der Waals surface area contributed by atoms with Gasteiger partial charge in [0, 0.05) is 10.9 Å². The topological polar surface area (TPSA) is 59.4 Å². The molecule has 7 aromatic rings. The van der Waals surface area contributed by atoms with Crippen molar-refractivity contribution in [2.45, 2.75) is 5.54 Å². The summed E-state index contributed by atoms with van der Waals surface area (Å²) in [4.78, 5) is 13.3. The van der Waals surface area contributed by atoms with Crippen molar-refractivity contribution in [3.05, 3.63) is 149 Å². The third kappa shape index (κ3) is 3.49. The smallest absolute Gasteiger partial charge is 0.179 e. The highest BCUT2D eigenvalue weighted by molar-refractivity contribution is 9.10. The molecule has 3 aromatic heterocycles. The Morgan fingerprint density at radius 3 is 1.82 bits per heavy atom. The molecule has 4 aromatic carbocycles. The largest absolute Gasteiger partial charge is 0.353 e. The van der Waals surface area contributed by atoms with E-state index in [1.165, 1.54) is 0 Å². The van der Waals surface area contributed by atoms with Gasteiger partial charge in [0.2, 0.25) is 0 Å². The molecule has 0 saturated heterocycles. The number of nitrogens with zero attached hydrogens (tertiary/aromatic N) is 4. The van der Waals surface area contributed by atoms with Crippen LogP contribution in [0.5, 0.6) is 0 Å². The molecule has 0 spiro atoms. The van der Waals surface area contributed by atoms with Crippen LogP contribution in [0.15, 0.2) is 132 Å². The average Bonchev–Trinajstić information content (AvgIpc) is 3.57. The van der Waals surface area contributed by atoms with E-state index in [1.54, 1.807) is 6.20 Å². The molecule has 0 atom stereocenters. The minimum Gasteiger partial charge on any atom is -0.353 e. The van der Waals surface area contributed by atoms with Gasteiger partial charge in [0.1, 0.15) is 21.4 Å². The summed E-state index contributed by atoms with van der Waals surface area (Å²) in [7, 11) is 0. The number of fused-ring (bicyclic) bond motifs is 2. The van der Waals surface area contributed by atoms with Crippen molar-refractivity contribution in [1.29, 1.82) is 0 Å². The molecular formula is C32H22BrN5. The minimum absolute atomic E-state index is 0.659. The van der Waals surface area contributed by atoms with Gasteiger partial charge in [-0.15, -0.1) is 0 Å². The second-order valence-corrected chi connectivity index (χ2v) is 10.0. The number of rotatable bonds is 5. The Bertz CT molecular complexity index is 1750. The number of halogens is 1. The summed E-state index contributed by atoms with van der Waals surface area (Å²) in [5.74, 6) is 0. The minimum atomic E-state index is -0.797. The SMILES string of the molecule is Brc1cnc2c(n1)c(-c1cc3ccccc3[nH]1)nn2C(c1ccccc1)(c1ccccc1)c1ccccc1. The first-order valence-electron chi connectivity index (χ1n) is 12.4. The zero-order chi connectivity index (χ0) is 25.5. The first-order valence-corrected chi connectivity index (χ1v) is 13.2. The molecule has 0 unspecified atom stereocenters. The molecule has 3 heterocycles. The summed E-state index contributed by atoms with van der Waals surface area (Å²) in [6.07, 6.45) is 1.74. The quantitative estimate of drug-likeness (QED) is 0.223. The van der Waals surface area contributed by atoms with Crippen LogP contribution in [-0.4, -0.2) is 24.7 Å².